The molecule has 1 aliphatic carbocycles. The van der Waals surface area contributed by atoms with E-state index in [1.807, 2.05) is 66.8 Å². The summed E-state index contributed by atoms with van der Waals surface area (Å²) in [6.45, 7) is 4.08. The van der Waals surface area contributed by atoms with E-state index in [2.05, 4.69) is 17.5 Å². The van der Waals surface area contributed by atoms with E-state index in [1.165, 1.54) is 0 Å². The van der Waals surface area contributed by atoms with Crippen LogP contribution in [0, 0.1) is 5.92 Å². The molecule has 2 atom stereocenters. The third-order valence-corrected chi connectivity index (χ3v) is 7.67. The van der Waals surface area contributed by atoms with Crippen LogP contribution >= 0.6 is 0 Å². The highest BCUT2D eigenvalue weighted by molar-refractivity contribution is 6.26. The number of nitrogens with zero attached hydrogens (tertiary/aromatic N) is 3. The maximum absolute atomic E-state index is 14.1. The van der Waals surface area contributed by atoms with Crippen molar-refractivity contribution in [3.05, 3.63) is 88.8 Å². The van der Waals surface area contributed by atoms with E-state index in [0.717, 1.165) is 23.1 Å². The van der Waals surface area contributed by atoms with Gasteiger partial charge in [-0.15, -0.1) is 0 Å². The van der Waals surface area contributed by atoms with Crippen LogP contribution in [0.1, 0.15) is 38.8 Å². The summed E-state index contributed by atoms with van der Waals surface area (Å²) in [6, 6.07) is 13.4. The van der Waals surface area contributed by atoms with Crippen LogP contribution in [0.15, 0.2) is 83.1 Å². The van der Waals surface area contributed by atoms with Crippen LogP contribution in [0.2, 0.25) is 0 Å². The Kier molecular flexibility index (Phi) is 4.96. The average molecular weight is 506 g/mol. The van der Waals surface area contributed by atoms with Crippen LogP contribution in [0.5, 0.6) is 11.6 Å². The van der Waals surface area contributed by atoms with Crippen LogP contribution < -0.4 is 15.8 Å². The largest absolute Gasteiger partial charge is 0.440 e. The van der Waals surface area contributed by atoms with E-state index in [4.69, 9.17) is 15.5 Å². The fourth-order valence-corrected chi connectivity index (χ4v) is 5.91. The van der Waals surface area contributed by atoms with Crippen molar-refractivity contribution in [1.29, 1.82) is 0 Å². The third kappa shape index (κ3) is 3.10. The van der Waals surface area contributed by atoms with Gasteiger partial charge in [-0.3, -0.25) is 18.9 Å². The molecule has 0 spiro atoms. The summed E-state index contributed by atoms with van der Waals surface area (Å²) in [5.41, 5.74) is 11.7. The second-order valence-corrected chi connectivity index (χ2v) is 10.1. The summed E-state index contributed by atoms with van der Waals surface area (Å²) in [7, 11) is 0. The number of rotatable bonds is 5. The molecule has 0 saturated heterocycles. The number of allylic oxidation sites excluding steroid dienone is 4. The predicted octanol–water partition coefficient (Wildman–Crippen LogP) is 4.65. The Balaban J connectivity index is 1.46. The van der Waals surface area contributed by atoms with Crippen molar-refractivity contribution in [2.45, 2.75) is 39.3 Å². The number of hydrogen-bond donors (Lipinski definition) is 2. The van der Waals surface area contributed by atoms with Gasteiger partial charge in [-0.05, 0) is 44.0 Å². The van der Waals surface area contributed by atoms with E-state index >= 15 is 0 Å². The molecule has 4 aliphatic rings. The number of benzene rings is 1. The van der Waals surface area contributed by atoms with Crippen molar-refractivity contribution >= 4 is 23.0 Å². The molecule has 8 nitrogen and oxygen atoms in total. The van der Waals surface area contributed by atoms with Gasteiger partial charge in [0.15, 0.2) is 5.82 Å². The Labute approximate surface area is 219 Å². The van der Waals surface area contributed by atoms with Crippen molar-refractivity contribution in [3.8, 4) is 23.0 Å². The number of aromatic nitrogens is 2. The fraction of sp³-hybridized carbons (Fsp3) is 0.233. The number of para-hydroxylation sites is 1. The number of amides is 2. The molecule has 0 radical (unpaired) electrons. The number of nitrogens with one attached hydrogen (secondary N) is 1. The number of ether oxygens (including phenoxy) is 1. The molecular formula is C30H27N5O3. The summed E-state index contributed by atoms with van der Waals surface area (Å²) in [5.74, 6) is 1.37. The zero-order chi connectivity index (χ0) is 26.1. The van der Waals surface area contributed by atoms with Crippen molar-refractivity contribution in [3.63, 3.8) is 0 Å². The van der Waals surface area contributed by atoms with Gasteiger partial charge in [-0.2, -0.15) is 0 Å². The summed E-state index contributed by atoms with van der Waals surface area (Å²) in [6.07, 6.45) is 7.87. The molecule has 0 fully saturated rings. The lowest BCUT2D eigenvalue weighted by Gasteiger charge is -2.31. The highest BCUT2D eigenvalue weighted by Gasteiger charge is 2.49. The highest BCUT2D eigenvalue weighted by Crippen LogP contribution is 2.46. The Morgan fingerprint density at radius 2 is 2.00 bits per heavy atom. The molecule has 3 N–H and O–H groups in total. The van der Waals surface area contributed by atoms with Crippen molar-refractivity contribution < 1.29 is 14.3 Å². The van der Waals surface area contributed by atoms with E-state index in [0.29, 0.717) is 58.5 Å². The minimum absolute atomic E-state index is 0.119. The molecule has 7 rings (SSSR count). The normalized spacial score (nSPS) is 20.6. The second-order valence-electron chi connectivity index (χ2n) is 10.1. The lowest BCUT2D eigenvalue weighted by Crippen LogP contribution is -2.44. The number of nitrogens with two attached hydrogens (primary N) is 1. The number of carbonyl (C=O) groups is 2. The zero-order valence-corrected chi connectivity index (χ0v) is 21.2. The van der Waals surface area contributed by atoms with Crippen molar-refractivity contribution in [1.82, 2.24) is 19.6 Å². The van der Waals surface area contributed by atoms with Crippen molar-refractivity contribution in [2.24, 2.45) is 11.7 Å². The molecule has 0 saturated carbocycles. The third-order valence-electron chi connectivity index (χ3n) is 7.67. The van der Waals surface area contributed by atoms with Gasteiger partial charge in [0.1, 0.15) is 11.4 Å². The van der Waals surface area contributed by atoms with Gasteiger partial charge < -0.3 is 15.8 Å². The van der Waals surface area contributed by atoms with Gasteiger partial charge >= 0.3 is 0 Å². The first-order chi connectivity index (χ1) is 18.5. The van der Waals surface area contributed by atoms with Gasteiger partial charge in [0, 0.05) is 11.6 Å². The standard InChI is InChI=1S/C30H27N5O3/c1-3-7-21(31)35-27(17-14-12-16(2)13-15-17)24-23(30(35)37)26(33-29(24)36)25-19-9-6-11-22-34(19)28(32-25)18-8-4-5-10-20(18)38-22/h4-6,8-14,17,21H,3,7,15,31H2,1-2H3,(H,33,36). The SMILES string of the molecule is CCCC(N)N1C(=O)C2=C(c3nc4n5c(cccc35)Oc3ccccc3-4)NC(=O)C2=C1C1C=CC(C)=CC1. The Hall–Kier alpha value is -4.43. The highest BCUT2D eigenvalue weighted by atomic mass is 16.5. The quantitative estimate of drug-likeness (QED) is 0.411. The minimum Gasteiger partial charge on any atom is -0.440 e. The maximum atomic E-state index is 14.1. The van der Waals surface area contributed by atoms with E-state index in [-0.39, 0.29) is 17.7 Å². The molecule has 2 amide bonds. The van der Waals surface area contributed by atoms with Gasteiger partial charge in [-0.1, -0.05) is 55.3 Å². The van der Waals surface area contributed by atoms with Gasteiger partial charge in [-0.25, -0.2) is 4.98 Å². The maximum Gasteiger partial charge on any atom is 0.262 e. The summed E-state index contributed by atoms with van der Waals surface area (Å²) >= 11 is 0. The van der Waals surface area contributed by atoms with E-state index in [1.54, 1.807) is 4.90 Å². The Morgan fingerprint density at radius 1 is 1.16 bits per heavy atom. The summed E-state index contributed by atoms with van der Waals surface area (Å²) in [5, 5.41) is 3.00. The molecule has 5 heterocycles. The number of pyridine rings is 1. The van der Waals surface area contributed by atoms with Crippen LogP contribution in [0.3, 0.4) is 0 Å². The molecule has 2 unspecified atom stereocenters. The lowest BCUT2D eigenvalue weighted by atomic mass is 9.91. The first-order valence-electron chi connectivity index (χ1n) is 13.0. The van der Waals surface area contributed by atoms with Gasteiger partial charge in [0.05, 0.1) is 34.1 Å². The van der Waals surface area contributed by atoms with Gasteiger partial charge in [0.2, 0.25) is 5.88 Å². The summed E-state index contributed by atoms with van der Waals surface area (Å²) < 4.78 is 8.07. The monoisotopic (exact) mass is 505 g/mol. The molecule has 3 aliphatic heterocycles. The Bertz CT molecular complexity index is 1690. The van der Waals surface area contributed by atoms with Crippen LogP contribution in [-0.4, -0.2) is 32.3 Å². The first-order valence-corrected chi connectivity index (χ1v) is 13.0. The van der Waals surface area contributed by atoms with Crippen LogP contribution in [-0.2, 0) is 9.59 Å². The summed E-state index contributed by atoms with van der Waals surface area (Å²) in [4.78, 5) is 34.3. The smallest absolute Gasteiger partial charge is 0.262 e. The fourth-order valence-electron chi connectivity index (χ4n) is 5.91. The van der Waals surface area contributed by atoms with Crippen LogP contribution in [0.4, 0.5) is 0 Å². The molecule has 2 aromatic heterocycles. The predicted molar refractivity (Wildman–Crippen MR) is 144 cm³/mol. The number of hydrogen-bond acceptors (Lipinski definition) is 5. The zero-order valence-electron chi connectivity index (χ0n) is 21.2. The van der Waals surface area contributed by atoms with E-state index < -0.39 is 6.17 Å². The second kappa shape index (κ2) is 8.29. The van der Waals surface area contributed by atoms with Crippen LogP contribution in [0.25, 0.3) is 22.6 Å². The first kappa shape index (κ1) is 22.7. The number of carbonyl (C=O) groups excluding carboxylic acids is 2. The minimum atomic E-state index is -0.522. The molecule has 0 bridgehead atoms. The molecule has 3 aromatic rings. The van der Waals surface area contributed by atoms with Gasteiger partial charge in [0.25, 0.3) is 11.8 Å². The molecule has 8 heteroatoms. The Morgan fingerprint density at radius 3 is 2.79 bits per heavy atom. The molecular weight excluding hydrogens is 478 g/mol. The lowest BCUT2D eigenvalue weighted by molar-refractivity contribution is -0.126. The number of fused-ring (bicyclic) bond motifs is 3. The molecule has 190 valence electrons. The van der Waals surface area contributed by atoms with E-state index in [9.17, 15) is 9.59 Å². The topological polar surface area (TPSA) is 102 Å². The molecule has 1 aromatic carbocycles. The molecule has 38 heavy (non-hydrogen) atoms. The number of imidazole rings is 1. The van der Waals surface area contributed by atoms with Crippen molar-refractivity contribution in [2.75, 3.05) is 0 Å². The average Bonchev–Trinajstić information content (AvgIpc) is 3.56.